The molecule has 2 aromatic carbocycles. The second kappa shape index (κ2) is 8.15. The van der Waals surface area contributed by atoms with E-state index in [1.807, 2.05) is 36.4 Å². The van der Waals surface area contributed by atoms with Crippen LogP contribution in [-0.4, -0.2) is 29.9 Å². The van der Waals surface area contributed by atoms with Gasteiger partial charge in [0.05, 0.1) is 5.41 Å². The first kappa shape index (κ1) is 21.3. The van der Waals surface area contributed by atoms with Crippen LogP contribution in [0.25, 0.3) is 0 Å². The summed E-state index contributed by atoms with van der Waals surface area (Å²) in [5.41, 5.74) is 7.51. The normalized spacial score (nSPS) is 27.2. The number of piperidine rings is 1. The molecule has 150 valence electrons. The molecule has 4 heteroatoms. The maximum absolute atomic E-state index is 13.1. The first-order valence-corrected chi connectivity index (χ1v) is 10.1. The molecule has 2 heterocycles. The highest BCUT2D eigenvalue weighted by Crippen LogP contribution is 2.52. The van der Waals surface area contributed by atoms with Gasteiger partial charge in [-0.3, -0.25) is 4.79 Å². The zero-order valence-electron chi connectivity index (χ0n) is 16.8. The van der Waals surface area contributed by atoms with Crippen LogP contribution < -0.4 is 5.73 Å². The molecule has 3 nitrogen and oxygen atoms in total. The number of primary amides is 1. The summed E-state index contributed by atoms with van der Waals surface area (Å²) in [7, 11) is 2.26. The van der Waals surface area contributed by atoms with Crippen molar-refractivity contribution in [3.8, 4) is 0 Å². The molecule has 2 aromatic rings. The molecule has 0 saturated carbocycles. The van der Waals surface area contributed by atoms with Crippen LogP contribution in [0.4, 0.5) is 0 Å². The number of rotatable bonds is 5. The molecule has 0 radical (unpaired) electrons. The van der Waals surface area contributed by atoms with Crippen molar-refractivity contribution in [1.82, 2.24) is 4.90 Å². The van der Waals surface area contributed by atoms with Gasteiger partial charge in [0.2, 0.25) is 5.91 Å². The molecule has 4 rings (SSSR count). The average molecular weight is 490 g/mol. The summed E-state index contributed by atoms with van der Waals surface area (Å²) in [4.78, 5) is 15.6. The molecule has 2 bridgehead atoms. The van der Waals surface area contributed by atoms with Crippen molar-refractivity contribution in [2.75, 3.05) is 7.05 Å². The molecule has 0 aliphatic carbocycles. The lowest BCUT2D eigenvalue weighted by atomic mass is 9.61. The largest absolute Gasteiger partial charge is 0.369 e. The molecule has 1 amide bonds. The molecule has 3 atom stereocenters. The Kier molecular flexibility index (Phi) is 6.20. The second-order valence-electron chi connectivity index (χ2n) is 8.95. The van der Waals surface area contributed by atoms with E-state index in [0.717, 1.165) is 30.4 Å². The maximum Gasteiger partial charge on any atom is 0.232 e. The number of fused-ring (bicyclic) bond motifs is 2. The minimum absolute atomic E-state index is 0. The Morgan fingerprint density at radius 3 is 1.82 bits per heavy atom. The fraction of sp³-hybridized carbons (Fsp3) is 0.458. The van der Waals surface area contributed by atoms with Gasteiger partial charge in [-0.25, -0.2) is 0 Å². The van der Waals surface area contributed by atoms with E-state index >= 15 is 0 Å². The van der Waals surface area contributed by atoms with E-state index in [0.29, 0.717) is 12.1 Å². The van der Waals surface area contributed by atoms with E-state index in [1.165, 1.54) is 12.8 Å². The number of hydrogen-bond acceptors (Lipinski definition) is 2. The molecule has 28 heavy (non-hydrogen) atoms. The molecule has 2 N–H and O–H groups in total. The zero-order valence-corrected chi connectivity index (χ0v) is 19.1. The van der Waals surface area contributed by atoms with Crippen LogP contribution >= 0.6 is 24.0 Å². The molecule has 2 fully saturated rings. The number of benzene rings is 2. The van der Waals surface area contributed by atoms with Crippen molar-refractivity contribution in [3.63, 3.8) is 0 Å². The summed E-state index contributed by atoms with van der Waals surface area (Å²) in [5.74, 6) is -0.243. The number of halogens is 1. The Hall–Kier alpha value is -1.40. The number of carbonyl (C=O) groups excluding carboxylic acids is 1. The Bertz CT molecular complexity index is 754. The fourth-order valence-corrected chi connectivity index (χ4v) is 5.78. The highest BCUT2D eigenvalue weighted by molar-refractivity contribution is 14.0. The van der Waals surface area contributed by atoms with E-state index in [-0.39, 0.29) is 35.3 Å². The van der Waals surface area contributed by atoms with Gasteiger partial charge >= 0.3 is 0 Å². The fourth-order valence-electron chi connectivity index (χ4n) is 5.78. The van der Waals surface area contributed by atoms with Crippen LogP contribution in [-0.2, 0) is 10.2 Å². The monoisotopic (exact) mass is 490 g/mol. The Morgan fingerprint density at radius 2 is 1.43 bits per heavy atom. The quantitative estimate of drug-likeness (QED) is 0.617. The summed E-state index contributed by atoms with van der Waals surface area (Å²) in [6, 6.07) is 21.5. The van der Waals surface area contributed by atoms with Crippen molar-refractivity contribution in [1.29, 1.82) is 0 Å². The van der Waals surface area contributed by atoms with Gasteiger partial charge < -0.3 is 10.6 Å². The highest BCUT2D eigenvalue weighted by Gasteiger charge is 2.51. The first-order valence-electron chi connectivity index (χ1n) is 10.1. The number of amides is 1. The van der Waals surface area contributed by atoms with Crippen LogP contribution in [0.3, 0.4) is 0 Å². The van der Waals surface area contributed by atoms with Crippen molar-refractivity contribution >= 4 is 29.9 Å². The van der Waals surface area contributed by atoms with Crippen LogP contribution in [0.5, 0.6) is 0 Å². The summed E-state index contributed by atoms with van der Waals surface area (Å²) in [6.45, 7) is 2.37. The zero-order chi connectivity index (χ0) is 19.1. The minimum Gasteiger partial charge on any atom is -0.369 e. The summed E-state index contributed by atoms with van der Waals surface area (Å²) in [6.07, 6.45) is 5.58. The van der Waals surface area contributed by atoms with Crippen LogP contribution in [0.15, 0.2) is 60.7 Å². The molecule has 0 unspecified atom stereocenters. The van der Waals surface area contributed by atoms with Gasteiger partial charge in [0.1, 0.15) is 0 Å². The molecule has 2 aliphatic rings. The van der Waals surface area contributed by atoms with Gasteiger partial charge in [0.25, 0.3) is 0 Å². The standard InChI is InChI=1S/C24H30N2O.HI/c1-23(15-20-13-14-21(16-23)26(20)2)17-24(22(25)27,18-9-5-3-6-10-18)19-11-7-4-8-12-19;/h3-12,20-21H,13-17H2,1-2H3,(H2,25,27);1H/t20-,21+,23+;. The van der Waals surface area contributed by atoms with Crippen molar-refractivity contribution in [2.24, 2.45) is 11.1 Å². The van der Waals surface area contributed by atoms with Gasteiger partial charge in [-0.2, -0.15) is 0 Å². The van der Waals surface area contributed by atoms with Crippen molar-refractivity contribution in [2.45, 2.75) is 56.5 Å². The highest BCUT2D eigenvalue weighted by atomic mass is 127. The molecular formula is C24H31IN2O. The number of hydrogen-bond donors (Lipinski definition) is 1. The molecule has 0 aromatic heterocycles. The Morgan fingerprint density at radius 1 is 1.00 bits per heavy atom. The van der Waals surface area contributed by atoms with Crippen molar-refractivity contribution < 1.29 is 4.79 Å². The van der Waals surface area contributed by atoms with E-state index < -0.39 is 5.41 Å². The van der Waals surface area contributed by atoms with Gasteiger partial charge in [-0.1, -0.05) is 67.6 Å². The smallest absolute Gasteiger partial charge is 0.232 e. The van der Waals surface area contributed by atoms with Crippen LogP contribution in [0.2, 0.25) is 0 Å². The lowest BCUT2D eigenvalue weighted by Gasteiger charge is -2.47. The molecule has 2 aliphatic heterocycles. The summed E-state index contributed by atoms with van der Waals surface area (Å²) in [5, 5.41) is 0. The third-order valence-electron chi connectivity index (χ3n) is 7.09. The van der Waals surface area contributed by atoms with E-state index in [9.17, 15) is 4.79 Å². The second-order valence-corrected chi connectivity index (χ2v) is 8.95. The molecule has 0 spiro atoms. The Labute approximate surface area is 185 Å². The van der Waals surface area contributed by atoms with Gasteiger partial charge in [0.15, 0.2) is 0 Å². The summed E-state index contributed by atoms with van der Waals surface area (Å²) >= 11 is 0. The van der Waals surface area contributed by atoms with Crippen LogP contribution in [0.1, 0.15) is 50.2 Å². The van der Waals surface area contributed by atoms with Gasteiger partial charge in [-0.05, 0) is 55.7 Å². The summed E-state index contributed by atoms with van der Waals surface area (Å²) < 4.78 is 0. The van der Waals surface area contributed by atoms with Crippen LogP contribution in [0, 0.1) is 5.41 Å². The predicted octanol–water partition coefficient (Wildman–Crippen LogP) is 4.73. The first-order chi connectivity index (χ1) is 12.9. The maximum atomic E-state index is 13.1. The number of carbonyl (C=O) groups is 1. The topological polar surface area (TPSA) is 46.3 Å². The SMILES string of the molecule is CN1[C@@H]2CC[C@H]1C[C@@](C)(CC(C(N)=O)(c1ccccc1)c1ccccc1)C2.I. The predicted molar refractivity (Wildman–Crippen MR) is 125 cm³/mol. The third kappa shape index (κ3) is 3.61. The molecular weight excluding hydrogens is 459 g/mol. The Balaban J connectivity index is 0.00000225. The minimum atomic E-state index is -0.785. The third-order valence-corrected chi connectivity index (χ3v) is 7.09. The number of nitrogens with two attached hydrogens (primary N) is 1. The average Bonchev–Trinajstić information content (AvgIpc) is 2.90. The van der Waals surface area contributed by atoms with E-state index in [1.54, 1.807) is 0 Å². The van der Waals surface area contributed by atoms with E-state index in [2.05, 4.69) is 43.1 Å². The number of nitrogens with zero attached hydrogens (tertiary/aromatic N) is 1. The van der Waals surface area contributed by atoms with Gasteiger partial charge in [-0.15, -0.1) is 24.0 Å². The molecule has 2 saturated heterocycles. The van der Waals surface area contributed by atoms with Crippen molar-refractivity contribution in [3.05, 3.63) is 71.8 Å². The van der Waals surface area contributed by atoms with Gasteiger partial charge in [0, 0.05) is 12.1 Å². The van der Waals surface area contributed by atoms with E-state index in [4.69, 9.17) is 5.73 Å². The lowest BCUT2D eigenvalue weighted by molar-refractivity contribution is -0.123. The lowest BCUT2D eigenvalue weighted by Crippen LogP contribution is -2.50.